The highest BCUT2D eigenvalue weighted by molar-refractivity contribution is 9.10. The van der Waals surface area contributed by atoms with Crippen LogP contribution in [0.3, 0.4) is 0 Å². The summed E-state index contributed by atoms with van der Waals surface area (Å²) in [4.78, 5) is 9.30. The molecular weight excluding hydrogens is 446 g/mol. The van der Waals surface area contributed by atoms with Crippen molar-refractivity contribution in [2.75, 3.05) is 13.2 Å². The summed E-state index contributed by atoms with van der Waals surface area (Å²) in [6, 6.07) is 16.0. The van der Waals surface area contributed by atoms with Crippen LogP contribution in [0.1, 0.15) is 6.42 Å². The van der Waals surface area contributed by atoms with Gasteiger partial charge < -0.3 is 10.5 Å². The summed E-state index contributed by atoms with van der Waals surface area (Å²) in [5.41, 5.74) is 9.11. The molecule has 128 valence electrons. The van der Waals surface area contributed by atoms with Gasteiger partial charge in [0.25, 0.3) is 0 Å². The van der Waals surface area contributed by atoms with E-state index in [-0.39, 0.29) is 0 Å². The van der Waals surface area contributed by atoms with E-state index in [1.807, 2.05) is 48.5 Å². The first-order chi connectivity index (χ1) is 12.2. The Morgan fingerprint density at radius 2 is 1.40 bits per heavy atom. The first-order valence-corrected chi connectivity index (χ1v) is 9.48. The zero-order valence-electron chi connectivity index (χ0n) is 13.5. The molecule has 0 aliphatic carbocycles. The second kappa shape index (κ2) is 8.56. The Morgan fingerprint density at radius 1 is 0.840 bits per heavy atom. The number of benzene rings is 2. The average molecular weight is 463 g/mol. The van der Waals surface area contributed by atoms with Crippen molar-refractivity contribution in [3.05, 3.63) is 63.7 Å². The van der Waals surface area contributed by atoms with Crippen LogP contribution >= 0.6 is 31.9 Å². The van der Waals surface area contributed by atoms with Crippen LogP contribution < -0.4 is 10.5 Å². The molecule has 0 amide bonds. The Morgan fingerprint density at radius 3 is 1.96 bits per heavy atom. The van der Waals surface area contributed by atoms with Gasteiger partial charge in [0.15, 0.2) is 0 Å². The normalized spacial score (nSPS) is 10.7. The third-order valence-corrected chi connectivity index (χ3v) is 4.64. The molecule has 25 heavy (non-hydrogen) atoms. The second-order valence-electron chi connectivity index (χ2n) is 5.41. The van der Waals surface area contributed by atoms with E-state index in [9.17, 15) is 0 Å². The largest absolute Gasteiger partial charge is 0.477 e. The van der Waals surface area contributed by atoms with E-state index in [1.54, 1.807) is 6.20 Å². The van der Waals surface area contributed by atoms with Crippen molar-refractivity contribution >= 4 is 31.9 Å². The van der Waals surface area contributed by atoms with E-state index in [4.69, 9.17) is 15.5 Å². The minimum atomic E-state index is 0.507. The van der Waals surface area contributed by atoms with Gasteiger partial charge in [-0.1, -0.05) is 56.1 Å². The zero-order chi connectivity index (χ0) is 17.6. The number of nitrogens with two attached hydrogens (primary N) is 1. The Hall–Kier alpha value is -1.76. The minimum Gasteiger partial charge on any atom is -0.477 e. The van der Waals surface area contributed by atoms with Gasteiger partial charge in [-0.3, -0.25) is 0 Å². The van der Waals surface area contributed by atoms with Gasteiger partial charge in [0, 0.05) is 20.1 Å². The van der Waals surface area contributed by atoms with Crippen LogP contribution in [0.4, 0.5) is 0 Å². The molecule has 0 bridgehead atoms. The van der Waals surface area contributed by atoms with E-state index < -0.39 is 0 Å². The first kappa shape index (κ1) is 18.0. The number of hydrogen-bond donors (Lipinski definition) is 1. The Labute approximate surface area is 163 Å². The van der Waals surface area contributed by atoms with Gasteiger partial charge in [0.05, 0.1) is 18.5 Å². The van der Waals surface area contributed by atoms with Crippen molar-refractivity contribution in [1.82, 2.24) is 9.97 Å². The number of aromatic nitrogens is 2. The SMILES string of the molecule is NCCCOc1cnc(-c2ccc(Br)cc2)c(-c2ccc(Br)cc2)n1. The molecule has 3 rings (SSSR count). The van der Waals surface area contributed by atoms with Crippen molar-refractivity contribution in [3.63, 3.8) is 0 Å². The molecule has 0 aliphatic rings. The quantitative estimate of drug-likeness (QED) is 0.520. The minimum absolute atomic E-state index is 0.507. The lowest BCUT2D eigenvalue weighted by atomic mass is 10.0. The molecule has 0 fully saturated rings. The molecule has 1 heterocycles. The smallest absolute Gasteiger partial charge is 0.232 e. The molecule has 0 aliphatic heterocycles. The van der Waals surface area contributed by atoms with Crippen molar-refractivity contribution in [1.29, 1.82) is 0 Å². The monoisotopic (exact) mass is 461 g/mol. The van der Waals surface area contributed by atoms with Crippen LogP contribution in [0.15, 0.2) is 63.7 Å². The number of rotatable bonds is 6. The van der Waals surface area contributed by atoms with Gasteiger partial charge in [-0.05, 0) is 37.2 Å². The molecule has 0 unspecified atom stereocenters. The number of ether oxygens (including phenoxy) is 1. The molecule has 2 N–H and O–H groups in total. The molecule has 0 radical (unpaired) electrons. The molecule has 0 saturated heterocycles. The fourth-order valence-electron chi connectivity index (χ4n) is 2.33. The van der Waals surface area contributed by atoms with Crippen molar-refractivity contribution in [3.8, 4) is 28.4 Å². The second-order valence-corrected chi connectivity index (χ2v) is 7.24. The van der Waals surface area contributed by atoms with Gasteiger partial charge >= 0.3 is 0 Å². The Balaban J connectivity index is 2.03. The van der Waals surface area contributed by atoms with E-state index >= 15 is 0 Å². The Kier molecular flexibility index (Phi) is 6.18. The summed E-state index contributed by atoms with van der Waals surface area (Å²) in [6.07, 6.45) is 2.44. The molecule has 0 spiro atoms. The fourth-order valence-corrected chi connectivity index (χ4v) is 2.86. The molecular formula is C19H17Br2N3O. The maximum absolute atomic E-state index is 5.67. The summed E-state index contributed by atoms with van der Waals surface area (Å²) in [6.45, 7) is 1.12. The van der Waals surface area contributed by atoms with Gasteiger partial charge in [0.1, 0.15) is 5.69 Å². The lowest BCUT2D eigenvalue weighted by molar-refractivity contribution is 0.300. The number of halogens is 2. The molecule has 3 aromatic rings. The van der Waals surface area contributed by atoms with E-state index in [0.29, 0.717) is 19.0 Å². The van der Waals surface area contributed by atoms with Crippen LogP contribution in [0.5, 0.6) is 5.88 Å². The third kappa shape index (κ3) is 4.66. The van der Waals surface area contributed by atoms with Crippen LogP contribution in [0.25, 0.3) is 22.5 Å². The summed E-state index contributed by atoms with van der Waals surface area (Å²) in [7, 11) is 0. The summed E-state index contributed by atoms with van der Waals surface area (Å²) >= 11 is 6.93. The summed E-state index contributed by atoms with van der Waals surface area (Å²) in [5.74, 6) is 0.507. The molecule has 0 saturated carbocycles. The van der Waals surface area contributed by atoms with Crippen molar-refractivity contribution < 1.29 is 4.74 Å². The van der Waals surface area contributed by atoms with Gasteiger partial charge in [-0.15, -0.1) is 0 Å². The zero-order valence-corrected chi connectivity index (χ0v) is 16.6. The predicted octanol–water partition coefficient (Wildman–Crippen LogP) is 5.06. The molecule has 1 aromatic heterocycles. The maximum atomic E-state index is 5.67. The van der Waals surface area contributed by atoms with E-state index in [1.165, 1.54) is 0 Å². The standard InChI is InChI=1S/C19H17Br2N3O/c20-15-6-2-13(3-7-15)18-19(14-4-8-16(21)9-5-14)24-17(12-23-18)25-11-1-10-22/h2-9,12H,1,10-11,22H2. The van der Waals surface area contributed by atoms with Crippen molar-refractivity contribution in [2.24, 2.45) is 5.73 Å². The molecule has 0 atom stereocenters. The highest BCUT2D eigenvalue weighted by Crippen LogP contribution is 2.31. The summed E-state index contributed by atoms with van der Waals surface area (Å²) in [5, 5.41) is 0. The summed E-state index contributed by atoms with van der Waals surface area (Å²) < 4.78 is 7.71. The van der Waals surface area contributed by atoms with Crippen LogP contribution in [0.2, 0.25) is 0 Å². The highest BCUT2D eigenvalue weighted by Gasteiger charge is 2.13. The third-order valence-electron chi connectivity index (χ3n) is 3.58. The lowest BCUT2D eigenvalue weighted by Crippen LogP contribution is -2.07. The Bertz CT molecular complexity index is 836. The van der Waals surface area contributed by atoms with Crippen LogP contribution in [-0.4, -0.2) is 23.1 Å². The van der Waals surface area contributed by atoms with Gasteiger partial charge in [-0.2, -0.15) is 0 Å². The first-order valence-electron chi connectivity index (χ1n) is 7.89. The number of hydrogen-bond acceptors (Lipinski definition) is 4. The van der Waals surface area contributed by atoms with Crippen molar-refractivity contribution in [2.45, 2.75) is 6.42 Å². The molecule has 2 aromatic carbocycles. The number of nitrogens with zero attached hydrogens (tertiary/aromatic N) is 2. The fraction of sp³-hybridized carbons (Fsp3) is 0.158. The van der Waals surface area contributed by atoms with Crippen LogP contribution in [-0.2, 0) is 0 Å². The molecule has 4 nitrogen and oxygen atoms in total. The van der Waals surface area contributed by atoms with E-state index in [0.717, 1.165) is 37.9 Å². The highest BCUT2D eigenvalue weighted by atomic mass is 79.9. The van der Waals surface area contributed by atoms with Gasteiger partial charge in [-0.25, -0.2) is 9.97 Å². The van der Waals surface area contributed by atoms with E-state index in [2.05, 4.69) is 36.8 Å². The van der Waals surface area contributed by atoms with Crippen LogP contribution in [0, 0.1) is 0 Å². The average Bonchev–Trinajstić information content (AvgIpc) is 2.63. The predicted molar refractivity (Wildman–Crippen MR) is 107 cm³/mol. The van der Waals surface area contributed by atoms with Gasteiger partial charge in [0.2, 0.25) is 5.88 Å². The lowest BCUT2D eigenvalue weighted by Gasteiger charge is -2.11. The molecule has 6 heteroatoms. The topological polar surface area (TPSA) is 61.0 Å². The maximum Gasteiger partial charge on any atom is 0.232 e.